The molecule has 1 fully saturated rings. The second kappa shape index (κ2) is 7.18. The summed E-state index contributed by atoms with van der Waals surface area (Å²) in [5.41, 5.74) is 1.19. The van der Waals surface area contributed by atoms with Crippen LogP contribution in [0, 0.1) is 0 Å². The van der Waals surface area contributed by atoms with Gasteiger partial charge in [-0.2, -0.15) is 4.40 Å². The van der Waals surface area contributed by atoms with Crippen molar-refractivity contribution < 1.29 is 8.95 Å². The summed E-state index contributed by atoms with van der Waals surface area (Å²) in [5, 5.41) is 0. The molecule has 1 atom stereocenters. The van der Waals surface area contributed by atoms with Crippen LogP contribution in [0.3, 0.4) is 0 Å². The molecule has 1 aliphatic heterocycles. The normalized spacial score (nSPS) is 18.6. The van der Waals surface area contributed by atoms with Crippen molar-refractivity contribution in [3.8, 4) is 0 Å². The van der Waals surface area contributed by atoms with E-state index in [-0.39, 0.29) is 4.75 Å². The van der Waals surface area contributed by atoms with Crippen LogP contribution < -0.4 is 0 Å². The summed E-state index contributed by atoms with van der Waals surface area (Å²) in [5.74, 6) is 0.901. The Hall–Kier alpha value is -1.20. The molecule has 0 bridgehead atoms. The maximum Gasteiger partial charge on any atom is 0.146 e. The molecule has 0 N–H and O–H groups in total. The molecule has 116 valence electrons. The summed E-state index contributed by atoms with van der Waals surface area (Å²) in [4.78, 5) is 2.19. The molecular formula is C16H24N2O2S. The van der Waals surface area contributed by atoms with E-state index in [1.807, 2.05) is 39.0 Å². The van der Waals surface area contributed by atoms with E-state index in [0.717, 1.165) is 18.9 Å². The highest BCUT2D eigenvalue weighted by molar-refractivity contribution is 7.85. The Balaban J connectivity index is 2.21. The summed E-state index contributed by atoms with van der Waals surface area (Å²) in [7, 11) is -1.24. The Morgan fingerprint density at radius 2 is 1.86 bits per heavy atom. The molecule has 0 saturated carbocycles. The quantitative estimate of drug-likeness (QED) is 0.636. The average molecular weight is 308 g/mol. The molecule has 21 heavy (non-hydrogen) atoms. The Morgan fingerprint density at radius 3 is 2.43 bits per heavy atom. The minimum Gasteiger partial charge on any atom is -0.378 e. The van der Waals surface area contributed by atoms with Gasteiger partial charge in [-0.05, 0) is 26.3 Å². The lowest BCUT2D eigenvalue weighted by molar-refractivity contribution is 0.0675. The van der Waals surface area contributed by atoms with Gasteiger partial charge in [0.15, 0.2) is 0 Å². The van der Waals surface area contributed by atoms with Gasteiger partial charge in [0.2, 0.25) is 0 Å². The monoisotopic (exact) mass is 308 g/mol. The van der Waals surface area contributed by atoms with Gasteiger partial charge in [0.1, 0.15) is 16.8 Å². The second-order valence-corrected chi connectivity index (χ2v) is 8.04. The lowest BCUT2D eigenvalue weighted by Gasteiger charge is -2.30. The Kier molecular flexibility index (Phi) is 5.53. The molecule has 0 spiro atoms. The van der Waals surface area contributed by atoms with E-state index in [9.17, 15) is 4.21 Å². The molecule has 0 unspecified atom stereocenters. The first-order valence-electron chi connectivity index (χ1n) is 7.33. The zero-order valence-corrected chi connectivity index (χ0v) is 13.9. The van der Waals surface area contributed by atoms with Crippen molar-refractivity contribution >= 4 is 16.8 Å². The molecule has 1 aliphatic rings. The summed E-state index contributed by atoms with van der Waals surface area (Å²) in [6.07, 6.45) is 0.711. The van der Waals surface area contributed by atoms with Crippen LogP contribution in [0.15, 0.2) is 34.7 Å². The third-order valence-corrected chi connectivity index (χ3v) is 4.72. The summed E-state index contributed by atoms with van der Waals surface area (Å²) < 4.78 is 22.0. The second-order valence-electron chi connectivity index (χ2n) is 6.13. The van der Waals surface area contributed by atoms with Gasteiger partial charge in [-0.15, -0.1) is 0 Å². The fraction of sp³-hybridized carbons (Fsp3) is 0.562. The van der Waals surface area contributed by atoms with Gasteiger partial charge in [-0.25, -0.2) is 4.21 Å². The molecule has 0 aromatic heterocycles. The smallest absolute Gasteiger partial charge is 0.146 e. The first-order chi connectivity index (χ1) is 9.97. The molecule has 5 heteroatoms. The van der Waals surface area contributed by atoms with Gasteiger partial charge >= 0.3 is 0 Å². The zero-order valence-electron chi connectivity index (χ0n) is 13.0. The maximum atomic E-state index is 12.4. The minimum absolute atomic E-state index is 0.339. The third-order valence-electron chi connectivity index (χ3n) is 3.29. The number of ether oxygens (including phenoxy) is 1. The fourth-order valence-corrected chi connectivity index (χ4v) is 2.68. The molecule has 1 saturated heterocycles. The van der Waals surface area contributed by atoms with Gasteiger partial charge in [-0.3, -0.25) is 0 Å². The molecule has 2 rings (SSSR count). The summed E-state index contributed by atoms with van der Waals surface area (Å²) in [6.45, 7) is 8.89. The van der Waals surface area contributed by atoms with Crippen molar-refractivity contribution in [1.82, 2.24) is 4.90 Å². The number of nitrogens with zero attached hydrogens (tertiary/aromatic N) is 2. The van der Waals surface area contributed by atoms with E-state index in [1.54, 1.807) is 0 Å². The molecule has 0 aliphatic carbocycles. The lowest BCUT2D eigenvalue weighted by atomic mass is 10.1. The number of rotatable bonds is 3. The van der Waals surface area contributed by atoms with Crippen molar-refractivity contribution in [3.05, 3.63) is 35.9 Å². The van der Waals surface area contributed by atoms with Crippen LogP contribution in [0.4, 0.5) is 0 Å². The zero-order chi connectivity index (χ0) is 15.3. The molecule has 0 amide bonds. The number of amidine groups is 1. The van der Waals surface area contributed by atoms with Crippen molar-refractivity contribution in [2.45, 2.75) is 31.9 Å². The molecule has 0 radical (unpaired) electrons. The predicted octanol–water partition coefficient (Wildman–Crippen LogP) is 2.42. The Labute approximate surface area is 129 Å². The van der Waals surface area contributed by atoms with Gasteiger partial charge in [0, 0.05) is 19.5 Å². The highest BCUT2D eigenvalue weighted by atomic mass is 32.2. The van der Waals surface area contributed by atoms with Crippen LogP contribution in [0.2, 0.25) is 0 Å². The van der Waals surface area contributed by atoms with Crippen molar-refractivity contribution in [1.29, 1.82) is 0 Å². The van der Waals surface area contributed by atoms with Gasteiger partial charge in [0.05, 0.1) is 18.0 Å². The number of benzene rings is 1. The van der Waals surface area contributed by atoms with Crippen molar-refractivity contribution in [2.24, 2.45) is 4.40 Å². The van der Waals surface area contributed by atoms with Crippen molar-refractivity contribution in [2.75, 3.05) is 26.3 Å². The van der Waals surface area contributed by atoms with Crippen molar-refractivity contribution in [3.63, 3.8) is 0 Å². The SMILES string of the molecule is CC(C)(C)[S@@](=O)/N=C(\Cc1ccccc1)N1CCOCC1. The predicted molar refractivity (Wildman–Crippen MR) is 87.9 cm³/mol. The molecule has 1 aromatic rings. The number of morpholine rings is 1. The highest BCUT2D eigenvalue weighted by Crippen LogP contribution is 2.15. The fourth-order valence-electron chi connectivity index (χ4n) is 2.03. The van der Waals surface area contributed by atoms with Crippen LogP contribution in [0.25, 0.3) is 0 Å². The Morgan fingerprint density at radius 1 is 1.24 bits per heavy atom. The van der Waals surface area contributed by atoms with E-state index in [4.69, 9.17) is 4.74 Å². The third kappa shape index (κ3) is 4.93. The van der Waals surface area contributed by atoms with E-state index in [0.29, 0.717) is 19.6 Å². The van der Waals surface area contributed by atoms with E-state index >= 15 is 0 Å². The standard InChI is InChI=1S/C16H24N2O2S/c1-16(2,3)21(19)17-15(18-9-11-20-12-10-18)13-14-7-5-4-6-8-14/h4-8H,9-13H2,1-3H3/b17-15+/t21-/m1/s1. The van der Waals surface area contributed by atoms with E-state index in [2.05, 4.69) is 21.4 Å². The van der Waals surface area contributed by atoms with Gasteiger partial charge < -0.3 is 9.64 Å². The number of hydrogen-bond donors (Lipinski definition) is 0. The summed E-state index contributed by atoms with van der Waals surface area (Å²) >= 11 is 0. The largest absolute Gasteiger partial charge is 0.378 e. The Bertz CT molecular complexity index is 503. The molecule has 1 heterocycles. The van der Waals surface area contributed by atoms with Crippen LogP contribution >= 0.6 is 0 Å². The molecular weight excluding hydrogens is 284 g/mol. The van der Waals surface area contributed by atoms with Gasteiger partial charge in [-0.1, -0.05) is 30.3 Å². The van der Waals surface area contributed by atoms with Crippen LogP contribution in [0.5, 0.6) is 0 Å². The van der Waals surface area contributed by atoms with E-state index < -0.39 is 11.0 Å². The first kappa shape index (κ1) is 16.2. The summed E-state index contributed by atoms with van der Waals surface area (Å²) in [6, 6.07) is 10.2. The van der Waals surface area contributed by atoms with Crippen LogP contribution in [-0.2, 0) is 22.1 Å². The van der Waals surface area contributed by atoms with E-state index in [1.165, 1.54) is 5.56 Å². The minimum atomic E-state index is -1.24. The number of hydrogen-bond acceptors (Lipinski definition) is 2. The molecule has 4 nitrogen and oxygen atoms in total. The maximum absolute atomic E-state index is 12.4. The van der Waals surface area contributed by atoms with Gasteiger partial charge in [0.25, 0.3) is 0 Å². The molecule has 1 aromatic carbocycles. The average Bonchev–Trinajstić information content (AvgIpc) is 2.47. The topological polar surface area (TPSA) is 41.9 Å². The van der Waals surface area contributed by atoms with Crippen LogP contribution in [0.1, 0.15) is 26.3 Å². The van der Waals surface area contributed by atoms with Crippen LogP contribution in [-0.4, -0.2) is 46.0 Å². The first-order valence-corrected chi connectivity index (χ1v) is 8.43. The lowest BCUT2D eigenvalue weighted by Crippen LogP contribution is -2.42. The highest BCUT2D eigenvalue weighted by Gasteiger charge is 2.22.